The second kappa shape index (κ2) is 6.56. The molecular formula is C38H30. The van der Waals surface area contributed by atoms with E-state index in [0.29, 0.717) is 5.92 Å². The highest BCUT2D eigenvalue weighted by Gasteiger charge is 2.47. The van der Waals surface area contributed by atoms with Crippen LogP contribution in [-0.4, -0.2) is 0 Å². The minimum absolute atomic E-state index is 0.0229. The van der Waals surface area contributed by atoms with Crippen LogP contribution in [-0.2, 0) is 17.3 Å². The molecule has 0 heterocycles. The van der Waals surface area contributed by atoms with Gasteiger partial charge in [-0.05, 0) is 95.2 Å². The van der Waals surface area contributed by atoms with Crippen LogP contribution in [0, 0.1) is 0 Å². The van der Waals surface area contributed by atoms with Gasteiger partial charge in [-0.3, -0.25) is 0 Å². The molecule has 4 aliphatic rings. The van der Waals surface area contributed by atoms with E-state index >= 15 is 0 Å². The molecule has 9 rings (SSSR count). The van der Waals surface area contributed by atoms with Crippen LogP contribution in [0.5, 0.6) is 0 Å². The molecule has 0 bridgehead atoms. The predicted octanol–water partition coefficient (Wildman–Crippen LogP) is 9.69. The minimum atomic E-state index is -0.0230. The standard InChI is InChI=1S/C38H30/c1-37(2)29-17-15-21-8-5-6-11-25(21)35(29)27-19-31-28(20-30(27)37)36-26-16-14-23-10-7-9-22-12-13-24(34(26)33(22)23)18-32(36)38(31,3)4/h5-9,11-20,36H,10H2,1-4H3. The first-order valence-corrected chi connectivity index (χ1v) is 14.0. The maximum Gasteiger partial charge on any atom is 0.0320 e. The van der Waals surface area contributed by atoms with Crippen molar-refractivity contribution in [3.05, 3.63) is 129 Å². The first kappa shape index (κ1) is 21.1. The summed E-state index contributed by atoms with van der Waals surface area (Å²) < 4.78 is 0. The number of benzene rings is 5. The third-order valence-electron chi connectivity index (χ3n) is 10.4. The van der Waals surface area contributed by atoms with Crippen LogP contribution in [0.15, 0.2) is 84.4 Å². The molecule has 0 saturated heterocycles. The van der Waals surface area contributed by atoms with Gasteiger partial charge >= 0.3 is 0 Å². The Bertz CT molecular complexity index is 1990. The second-order valence-electron chi connectivity index (χ2n) is 12.9. The summed E-state index contributed by atoms with van der Waals surface area (Å²) in [6, 6.07) is 28.3. The van der Waals surface area contributed by atoms with Crippen molar-refractivity contribution in [2.24, 2.45) is 0 Å². The summed E-state index contributed by atoms with van der Waals surface area (Å²) in [7, 11) is 0. The lowest BCUT2D eigenvalue weighted by molar-refractivity contribution is 0.636. The van der Waals surface area contributed by atoms with Crippen LogP contribution in [0.1, 0.15) is 78.1 Å². The van der Waals surface area contributed by atoms with Gasteiger partial charge in [-0.2, -0.15) is 0 Å². The molecule has 1 unspecified atom stereocenters. The van der Waals surface area contributed by atoms with E-state index in [1.807, 2.05) is 0 Å². The lowest BCUT2D eigenvalue weighted by Crippen LogP contribution is -2.18. The monoisotopic (exact) mass is 486 g/mol. The molecule has 1 atom stereocenters. The molecule has 0 aromatic heterocycles. The summed E-state index contributed by atoms with van der Waals surface area (Å²) in [6.07, 6.45) is 8.20. The maximum atomic E-state index is 2.60. The van der Waals surface area contributed by atoms with E-state index in [1.54, 1.807) is 5.57 Å². The summed E-state index contributed by atoms with van der Waals surface area (Å²) in [5.74, 6) is 0.323. The average molecular weight is 487 g/mol. The van der Waals surface area contributed by atoms with E-state index in [0.717, 1.165) is 6.42 Å². The highest BCUT2D eigenvalue weighted by Crippen LogP contribution is 2.61. The zero-order valence-electron chi connectivity index (χ0n) is 22.4. The van der Waals surface area contributed by atoms with Crippen LogP contribution in [0.25, 0.3) is 44.8 Å². The van der Waals surface area contributed by atoms with Gasteiger partial charge in [0.15, 0.2) is 0 Å². The van der Waals surface area contributed by atoms with Gasteiger partial charge in [-0.15, -0.1) is 0 Å². The van der Waals surface area contributed by atoms with E-state index < -0.39 is 0 Å². The van der Waals surface area contributed by atoms with Gasteiger partial charge in [0.1, 0.15) is 0 Å². The highest BCUT2D eigenvalue weighted by molar-refractivity contribution is 6.06. The molecule has 0 amide bonds. The zero-order valence-corrected chi connectivity index (χ0v) is 22.4. The van der Waals surface area contributed by atoms with Crippen molar-refractivity contribution in [3.8, 4) is 11.1 Å². The first-order chi connectivity index (χ1) is 18.4. The van der Waals surface area contributed by atoms with Crippen molar-refractivity contribution in [2.45, 2.75) is 50.9 Å². The third kappa shape index (κ3) is 2.30. The van der Waals surface area contributed by atoms with Crippen LogP contribution in [0.4, 0.5) is 0 Å². The first-order valence-electron chi connectivity index (χ1n) is 14.0. The van der Waals surface area contributed by atoms with Crippen molar-refractivity contribution >= 4 is 33.7 Å². The van der Waals surface area contributed by atoms with Gasteiger partial charge in [0, 0.05) is 16.7 Å². The van der Waals surface area contributed by atoms with Gasteiger partial charge in [-0.25, -0.2) is 0 Å². The SMILES string of the molecule is CC1(C)C2=Cc3ccc4c5c(ccc(c35)C2c2cc3c(cc21)-c1c(ccc2ccccc12)C3(C)C)CC=C4. The maximum absolute atomic E-state index is 2.60. The van der Waals surface area contributed by atoms with Crippen molar-refractivity contribution in [3.63, 3.8) is 0 Å². The number of hydrogen-bond donors (Lipinski definition) is 0. The summed E-state index contributed by atoms with van der Waals surface area (Å²) in [6.45, 7) is 9.74. The highest BCUT2D eigenvalue weighted by atomic mass is 14.5. The molecule has 0 nitrogen and oxygen atoms in total. The van der Waals surface area contributed by atoms with Crippen molar-refractivity contribution < 1.29 is 0 Å². The van der Waals surface area contributed by atoms with E-state index in [4.69, 9.17) is 0 Å². The van der Waals surface area contributed by atoms with Crippen molar-refractivity contribution in [1.82, 2.24) is 0 Å². The molecular weight excluding hydrogens is 456 g/mol. The topological polar surface area (TPSA) is 0 Å². The molecule has 0 aliphatic heterocycles. The normalized spacial score (nSPS) is 20.2. The van der Waals surface area contributed by atoms with Crippen molar-refractivity contribution in [1.29, 1.82) is 0 Å². The fourth-order valence-corrected chi connectivity index (χ4v) is 8.43. The molecule has 0 heteroatoms. The molecule has 38 heavy (non-hydrogen) atoms. The Hall–Kier alpha value is -3.90. The Morgan fingerprint density at radius 3 is 2.42 bits per heavy atom. The number of allylic oxidation sites excluding steroid dienone is 2. The largest absolute Gasteiger partial charge is 0.0795 e. The van der Waals surface area contributed by atoms with Gasteiger partial charge in [0.2, 0.25) is 0 Å². The molecule has 0 spiro atoms. The summed E-state index contributed by atoms with van der Waals surface area (Å²) >= 11 is 0. The Balaban J connectivity index is 1.37. The van der Waals surface area contributed by atoms with Crippen molar-refractivity contribution in [2.75, 3.05) is 0 Å². The lowest BCUT2D eigenvalue weighted by atomic mass is 9.73. The Morgan fingerprint density at radius 1 is 0.684 bits per heavy atom. The van der Waals surface area contributed by atoms with Crippen LogP contribution in [0.3, 0.4) is 0 Å². The zero-order chi connectivity index (χ0) is 25.6. The van der Waals surface area contributed by atoms with Gasteiger partial charge < -0.3 is 0 Å². The average Bonchev–Trinajstić information content (AvgIpc) is 3.30. The van der Waals surface area contributed by atoms with Gasteiger partial charge in [-0.1, -0.05) is 113 Å². The minimum Gasteiger partial charge on any atom is -0.0795 e. The molecule has 0 N–H and O–H groups in total. The molecule has 4 aliphatic carbocycles. The fourth-order valence-electron chi connectivity index (χ4n) is 8.43. The molecule has 0 fully saturated rings. The Morgan fingerprint density at radius 2 is 1.53 bits per heavy atom. The number of hydrogen-bond acceptors (Lipinski definition) is 0. The molecule has 0 radical (unpaired) electrons. The van der Waals surface area contributed by atoms with E-state index in [9.17, 15) is 0 Å². The Labute approximate surface area is 224 Å². The van der Waals surface area contributed by atoms with Crippen LogP contribution in [0.2, 0.25) is 0 Å². The fraction of sp³-hybridized carbons (Fsp3) is 0.211. The number of fused-ring (bicyclic) bond motifs is 9. The van der Waals surface area contributed by atoms with E-state index in [1.165, 1.54) is 77.2 Å². The van der Waals surface area contributed by atoms with E-state index in [-0.39, 0.29) is 10.8 Å². The quantitative estimate of drug-likeness (QED) is 0.204. The van der Waals surface area contributed by atoms with Crippen LogP contribution < -0.4 is 0 Å². The Kier molecular flexibility index (Phi) is 3.64. The molecule has 182 valence electrons. The van der Waals surface area contributed by atoms with Gasteiger partial charge in [0.25, 0.3) is 0 Å². The predicted molar refractivity (Wildman–Crippen MR) is 161 cm³/mol. The van der Waals surface area contributed by atoms with Crippen LogP contribution >= 0.6 is 0 Å². The van der Waals surface area contributed by atoms with E-state index in [2.05, 4.69) is 119 Å². The molecule has 0 saturated carbocycles. The summed E-state index contributed by atoms with van der Waals surface area (Å²) in [5.41, 5.74) is 16.1. The molecule has 5 aromatic rings. The lowest BCUT2D eigenvalue weighted by Gasteiger charge is -2.30. The molecule has 5 aromatic carbocycles. The smallest absolute Gasteiger partial charge is 0.0320 e. The van der Waals surface area contributed by atoms with Gasteiger partial charge in [0.05, 0.1) is 0 Å². The second-order valence-corrected chi connectivity index (χ2v) is 12.9. The third-order valence-corrected chi connectivity index (χ3v) is 10.4. The summed E-state index contributed by atoms with van der Waals surface area (Å²) in [5, 5.41) is 5.67. The summed E-state index contributed by atoms with van der Waals surface area (Å²) in [4.78, 5) is 0. The number of rotatable bonds is 0.